The van der Waals surface area contributed by atoms with Crippen molar-refractivity contribution in [3.63, 3.8) is 0 Å². The number of phenols is 1. The molecule has 2 aromatic carbocycles. The summed E-state index contributed by atoms with van der Waals surface area (Å²) in [5.74, 6) is 0.339. The fraction of sp³-hybridized carbons (Fsp3) is 0.348. The lowest BCUT2D eigenvalue weighted by Crippen LogP contribution is -2.53. The van der Waals surface area contributed by atoms with Crippen molar-refractivity contribution >= 4 is 11.0 Å². The summed E-state index contributed by atoms with van der Waals surface area (Å²) >= 11 is 0. The molecule has 0 saturated carbocycles. The number of fused-ring (bicyclic) bond motifs is 1. The van der Waals surface area contributed by atoms with Crippen molar-refractivity contribution in [3.8, 4) is 28.4 Å². The van der Waals surface area contributed by atoms with Crippen LogP contribution in [-0.4, -0.2) is 59.1 Å². The van der Waals surface area contributed by atoms with Crippen LogP contribution in [0.15, 0.2) is 45.8 Å². The number of hydrogen-bond donors (Lipinski definition) is 4. The van der Waals surface area contributed by atoms with Crippen molar-refractivity contribution in [1.82, 2.24) is 0 Å². The SMILES string of the molecule is COc1ccc(-c2coc3c([C@@H]4O[C@@H](C)[C@@H](O)[C@@H](O)[C@H]4O)c(OC)cc(O)c3c2=O)cc1. The van der Waals surface area contributed by atoms with Gasteiger partial charge in [-0.15, -0.1) is 0 Å². The molecule has 0 radical (unpaired) electrons. The van der Waals surface area contributed by atoms with Crippen molar-refractivity contribution in [3.05, 3.63) is 52.4 Å². The molecule has 3 aromatic rings. The number of rotatable bonds is 4. The van der Waals surface area contributed by atoms with Gasteiger partial charge < -0.3 is 39.1 Å². The fourth-order valence-electron chi connectivity index (χ4n) is 3.98. The van der Waals surface area contributed by atoms with Crippen LogP contribution in [0.5, 0.6) is 17.2 Å². The van der Waals surface area contributed by atoms with E-state index in [-0.39, 0.29) is 33.6 Å². The summed E-state index contributed by atoms with van der Waals surface area (Å²) in [6, 6.07) is 7.99. The van der Waals surface area contributed by atoms with E-state index in [1.165, 1.54) is 26.5 Å². The molecule has 170 valence electrons. The molecule has 1 saturated heterocycles. The highest BCUT2D eigenvalue weighted by atomic mass is 16.5. The van der Waals surface area contributed by atoms with Gasteiger partial charge in [-0.25, -0.2) is 0 Å². The maximum absolute atomic E-state index is 13.3. The highest BCUT2D eigenvalue weighted by molar-refractivity contribution is 5.91. The van der Waals surface area contributed by atoms with Crippen LogP contribution in [0.2, 0.25) is 0 Å². The van der Waals surface area contributed by atoms with E-state index < -0.39 is 35.9 Å². The zero-order valence-electron chi connectivity index (χ0n) is 17.7. The normalized spacial score (nSPS) is 25.6. The Hall–Kier alpha value is -3.11. The van der Waals surface area contributed by atoms with Gasteiger partial charge in [0.05, 0.1) is 31.5 Å². The summed E-state index contributed by atoms with van der Waals surface area (Å²) < 4.78 is 22.0. The first-order valence-corrected chi connectivity index (χ1v) is 9.98. The molecule has 2 heterocycles. The Bertz CT molecular complexity index is 1180. The second-order valence-corrected chi connectivity index (χ2v) is 7.66. The van der Waals surface area contributed by atoms with Crippen LogP contribution in [-0.2, 0) is 4.74 Å². The zero-order valence-corrected chi connectivity index (χ0v) is 17.7. The van der Waals surface area contributed by atoms with Crippen LogP contribution in [0.3, 0.4) is 0 Å². The van der Waals surface area contributed by atoms with Crippen LogP contribution in [0, 0.1) is 0 Å². The molecule has 1 aromatic heterocycles. The van der Waals surface area contributed by atoms with E-state index in [1.807, 2.05) is 0 Å². The maximum atomic E-state index is 13.3. The van der Waals surface area contributed by atoms with Crippen molar-refractivity contribution in [1.29, 1.82) is 0 Å². The number of aliphatic hydroxyl groups is 3. The van der Waals surface area contributed by atoms with Crippen molar-refractivity contribution in [2.75, 3.05) is 14.2 Å². The van der Waals surface area contributed by atoms with Gasteiger partial charge in [-0.05, 0) is 24.6 Å². The Morgan fingerprint density at radius 1 is 0.969 bits per heavy atom. The van der Waals surface area contributed by atoms with E-state index in [1.54, 1.807) is 31.2 Å². The molecule has 1 aliphatic heterocycles. The number of aliphatic hydroxyl groups excluding tert-OH is 3. The molecule has 0 aliphatic carbocycles. The Kier molecular flexibility index (Phi) is 5.83. The first-order chi connectivity index (χ1) is 15.3. The monoisotopic (exact) mass is 444 g/mol. The lowest BCUT2D eigenvalue weighted by atomic mass is 9.90. The number of phenolic OH excluding ortho intramolecular Hbond substituents is 1. The quantitative estimate of drug-likeness (QED) is 0.474. The van der Waals surface area contributed by atoms with Gasteiger partial charge >= 0.3 is 0 Å². The molecule has 1 aliphatic rings. The topological polar surface area (TPSA) is 139 Å². The Morgan fingerprint density at radius 2 is 1.66 bits per heavy atom. The summed E-state index contributed by atoms with van der Waals surface area (Å²) in [5.41, 5.74) is 0.351. The van der Waals surface area contributed by atoms with E-state index in [0.29, 0.717) is 11.3 Å². The smallest absolute Gasteiger partial charge is 0.204 e. The second kappa shape index (κ2) is 8.44. The molecule has 0 bridgehead atoms. The second-order valence-electron chi connectivity index (χ2n) is 7.66. The van der Waals surface area contributed by atoms with Crippen molar-refractivity contribution in [2.24, 2.45) is 0 Å². The molecule has 5 atom stereocenters. The van der Waals surface area contributed by atoms with E-state index >= 15 is 0 Å². The first-order valence-electron chi connectivity index (χ1n) is 9.98. The molecule has 0 amide bonds. The molecule has 32 heavy (non-hydrogen) atoms. The highest BCUT2D eigenvalue weighted by Crippen LogP contribution is 2.43. The third kappa shape index (κ3) is 3.49. The van der Waals surface area contributed by atoms with Crippen molar-refractivity contribution in [2.45, 2.75) is 37.4 Å². The van der Waals surface area contributed by atoms with E-state index in [9.17, 15) is 25.2 Å². The number of ether oxygens (including phenoxy) is 3. The van der Waals surface area contributed by atoms with Gasteiger partial charge in [0.15, 0.2) is 5.58 Å². The van der Waals surface area contributed by atoms with Crippen LogP contribution in [0.4, 0.5) is 0 Å². The predicted octanol–water partition coefficient (Wildman–Crippen LogP) is 1.73. The molecule has 0 spiro atoms. The van der Waals surface area contributed by atoms with Gasteiger partial charge in [0.1, 0.15) is 53.3 Å². The zero-order chi connectivity index (χ0) is 23.2. The van der Waals surface area contributed by atoms with Gasteiger partial charge in [0, 0.05) is 6.07 Å². The largest absolute Gasteiger partial charge is 0.507 e. The summed E-state index contributed by atoms with van der Waals surface area (Å²) in [6.45, 7) is 1.54. The van der Waals surface area contributed by atoms with Crippen molar-refractivity contribution < 1.29 is 39.1 Å². The van der Waals surface area contributed by atoms with Crippen LogP contribution in [0.1, 0.15) is 18.6 Å². The first kappa shape index (κ1) is 22.1. The lowest BCUT2D eigenvalue weighted by molar-refractivity contribution is -0.219. The molecule has 0 unspecified atom stereocenters. The summed E-state index contributed by atoms with van der Waals surface area (Å²) in [7, 11) is 2.88. The molecule has 1 fully saturated rings. The Balaban J connectivity index is 1.93. The average Bonchev–Trinajstić information content (AvgIpc) is 2.80. The molecule has 9 nitrogen and oxygen atoms in total. The van der Waals surface area contributed by atoms with Gasteiger partial charge in [0.2, 0.25) is 5.43 Å². The summed E-state index contributed by atoms with van der Waals surface area (Å²) in [5, 5.41) is 41.3. The van der Waals surface area contributed by atoms with Gasteiger partial charge in [-0.2, -0.15) is 0 Å². The summed E-state index contributed by atoms with van der Waals surface area (Å²) in [6.07, 6.45) is -5.09. The van der Waals surface area contributed by atoms with Gasteiger partial charge in [0.25, 0.3) is 0 Å². The number of benzene rings is 2. The molecular weight excluding hydrogens is 420 g/mol. The molecule has 4 N–H and O–H groups in total. The Labute approximate surface area is 183 Å². The third-order valence-corrected chi connectivity index (χ3v) is 5.79. The van der Waals surface area contributed by atoms with Gasteiger partial charge in [-0.1, -0.05) is 12.1 Å². The molecular formula is C23H24O9. The average molecular weight is 444 g/mol. The minimum absolute atomic E-state index is 0.0519. The van der Waals surface area contributed by atoms with Crippen LogP contribution in [0.25, 0.3) is 22.1 Å². The predicted molar refractivity (Wildman–Crippen MR) is 114 cm³/mol. The van der Waals surface area contributed by atoms with Gasteiger partial charge in [-0.3, -0.25) is 4.79 Å². The standard InChI is InChI=1S/C23H24O9/c1-10-18(25)20(27)21(28)23(32-10)17-15(30-3)8-14(24)16-19(26)13(9-31-22(16)17)11-4-6-12(29-2)7-5-11/h4-10,18,20-21,23-25,27-28H,1-3H3/t10-,18+,20+,21+,23-/m0/s1. The van der Waals surface area contributed by atoms with E-state index in [2.05, 4.69) is 0 Å². The summed E-state index contributed by atoms with van der Waals surface area (Å²) in [4.78, 5) is 13.3. The third-order valence-electron chi connectivity index (χ3n) is 5.79. The highest BCUT2D eigenvalue weighted by Gasteiger charge is 2.44. The Morgan fingerprint density at radius 3 is 2.28 bits per heavy atom. The maximum Gasteiger partial charge on any atom is 0.204 e. The molecule has 4 rings (SSSR count). The molecule has 9 heteroatoms. The lowest BCUT2D eigenvalue weighted by Gasteiger charge is -2.39. The van der Waals surface area contributed by atoms with Crippen LogP contribution < -0.4 is 14.9 Å². The number of methoxy groups -OCH3 is 2. The minimum atomic E-state index is -1.53. The number of aromatic hydroxyl groups is 1. The fourth-order valence-corrected chi connectivity index (χ4v) is 3.98. The minimum Gasteiger partial charge on any atom is -0.507 e. The van der Waals surface area contributed by atoms with E-state index in [0.717, 1.165) is 0 Å². The number of hydrogen-bond acceptors (Lipinski definition) is 9. The van der Waals surface area contributed by atoms with E-state index in [4.69, 9.17) is 18.6 Å². The van der Waals surface area contributed by atoms with Crippen LogP contribution >= 0.6 is 0 Å².